The lowest BCUT2D eigenvalue weighted by Crippen LogP contribution is -2.31. The van der Waals surface area contributed by atoms with Gasteiger partial charge in [-0.05, 0) is 32.7 Å². The van der Waals surface area contributed by atoms with E-state index in [1.165, 1.54) is 6.42 Å². The highest BCUT2D eigenvalue weighted by Crippen LogP contribution is 2.23. The summed E-state index contributed by atoms with van der Waals surface area (Å²) in [6, 6.07) is 0.444. The average Bonchev–Trinajstić information content (AvgIpc) is 2.89. The molecule has 2 atom stereocenters. The van der Waals surface area contributed by atoms with Gasteiger partial charge in [-0.15, -0.1) is 0 Å². The Hall–Kier alpha value is -0.940. The molecule has 0 spiro atoms. The van der Waals surface area contributed by atoms with E-state index in [0.717, 1.165) is 25.2 Å². The van der Waals surface area contributed by atoms with Gasteiger partial charge in [0.15, 0.2) is 5.82 Å². The van der Waals surface area contributed by atoms with E-state index in [0.29, 0.717) is 24.4 Å². The van der Waals surface area contributed by atoms with Gasteiger partial charge in [-0.3, -0.25) is 4.90 Å². The SMILES string of the molecule is CC(O)CC1CCCN1Cc1nc(C(C)C)no1. The Morgan fingerprint density at radius 3 is 2.83 bits per heavy atom. The number of likely N-dealkylation sites (tertiary alicyclic amines) is 1. The van der Waals surface area contributed by atoms with Gasteiger partial charge in [-0.1, -0.05) is 19.0 Å². The Labute approximate surface area is 108 Å². The van der Waals surface area contributed by atoms with E-state index >= 15 is 0 Å². The van der Waals surface area contributed by atoms with Crippen LogP contribution in [0.15, 0.2) is 4.52 Å². The molecule has 1 aromatic heterocycles. The molecule has 0 bridgehead atoms. The Morgan fingerprint density at radius 2 is 2.22 bits per heavy atom. The van der Waals surface area contributed by atoms with Gasteiger partial charge in [-0.25, -0.2) is 0 Å². The summed E-state index contributed by atoms with van der Waals surface area (Å²) < 4.78 is 5.28. The Kier molecular flexibility index (Phi) is 4.35. The van der Waals surface area contributed by atoms with Gasteiger partial charge in [0, 0.05) is 12.0 Å². The highest BCUT2D eigenvalue weighted by Gasteiger charge is 2.27. The van der Waals surface area contributed by atoms with Crippen LogP contribution in [0.2, 0.25) is 0 Å². The van der Waals surface area contributed by atoms with Gasteiger partial charge in [0.1, 0.15) is 0 Å². The van der Waals surface area contributed by atoms with E-state index < -0.39 is 0 Å². The normalized spacial score (nSPS) is 22.8. The predicted octanol–water partition coefficient (Wildman–Crippen LogP) is 1.93. The minimum atomic E-state index is -0.246. The van der Waals surface area contributed by atoms with Crippen LogP contribution < -0.4 is 0 Å². The molecular formula is C13H23N3O2. The van der Waals surface area contributed by atoms with Gasteiger partial charge in [0.05, 0.1) is 12.6 Å². The average molecular weight is 253 g/mol. The van der Waals surface area contributed by atoms with Crippen molar-refractivity contribution in [3.8, 4) is 0 Å². The van der Waals surface area contributed by atoms with Crippen LogP contribution >= 0.6 is 0 Å². The maximum Gasteiger partial charge on any atom is 0.240 e. The lowest BCUT2D eigenvalue weighted by molar-refractivity contribution is 0.124. The first-order valence-corrected chi connectivity index (χ1v) is 6.81. The van der Waals surface area contributed by atoms with Crippen LogP contribution in [-0.4, -0.2) is 38.8 Å². The number of rotatable bonds is 5. The van der Waals surface area contributed by atoms with Crippen LogP contribution in [0.3, 0.4) is 0 Å². The van der Waals surface area contributed by atoms with E-state index in [-0.39, 0.29) is 6.10 Å². The van der Waals surface area contributed by atoms with Crippen LogP contribution in [0, 0.1) is 0 Å². The fourth-order valence-electron chi connectivity index (χ4n) is 2.50. The van der Waals surface area contributed by atoms with Gasteiger partial charge in [-0.2, -0.15) is 4.98 Å². The number of aliphatic hydroxyl groups excluding tert-OH is 1. The van der Waals surface area contributed by atoms with E-state index in [4.69, 9.17) is 4.52 Å². The number of aliphatic hydroxyl groups is 1. The highest BCUT2D eigenvalue weighted by atomic mass is 16.5. The molecule has 2 unspecified atom stereocenters. The van der Waals surface area contributed by atoms with Crippen molar-refractivity contribution in [2.24, 2.45) is 0 Å². The van der Waals surface area contributed by atoms with Crippen molar-refractivity contribution >= 4 is 0 Å². The van der Waals surface area contributed by atoms with Gasteiger partial charge in [0.2, 0.25) is 5.89 Å². The summed E-state index contributed by atoms with van der Waals surface area (Å²) in [5.41, 5.74) is 0. The third-order valence-corrected chi connectivity index (χ3v) is 3.45. The van der Waals surface area contributed by atoms with Gasteiger partial charge >= 0.3 is 0 Å². The smallest absolute Gasteiger partial charge is 0.240 e. The zero-order chi connectivity index (χ0) is 13.1. The molecule has 1 aliphatic heterocycles. The zero-order valence-corrected chi connectivity index (χ0v) is 11.5. The fourth-order valence-corrected chi connectivity index (χ4v) is 2.50. The first-order chi connectivity index (χ1) is 8.56. The van der Waals surface area contributed by atoms with Crippen molar-refractivity contribution in [3.63, 3.8) is 0 Å². The number of hydrogen-bond acceptors (Lipinski definition) is 5. The summed E-state index contributed by atoms with van der Waals surface area (Å²) in [5.74, 6) is 1.77. The zero-order valence-electron chi connectivity index (χ0n) is 11.5. The number of aromatic nitrogens is 2. The second-order valence-electron chi connectivity index (χ2n) is 5.55. The Bertz CT molecular complexity index is 376. The number of hydrogen-bond donors (Lipinski definition) is 1. The maximum atomic E-state index is 9.50. The summed E-state index contributed by atoms with van der Waals surface area (Å²) in [4.78, 5) is 6.74. The molecule has 0 amide bonds. The largest absolute Gasteiger partial charge is 0.393 e. The van der Waals surface area contributed by atoms with Crippen molar-refractivity contribution in [2.75, 3.05) is 6.54 Å². The first kappa shape index (κ1) is 13.5. The van der Waals surface area contributed by atoms with E-state index in [1.807, 2.05) is 6.92 Å². The molecule has 5 heteroatoms. The molecule has 1 N–H and O–H groups in total. The second-order valence-corrected chi connectivity index (χ2v) is 5.55. The molecule has 18 heavy (non-hydrogen) atoms. The molecule has 5 nitrogen and oxygen atoms in total. The van der Waals surface area contributed by atoms with Crippen molar-refractivity contribution in [1.29, 1.82) is 0 Å². The Balaban J connectivity index is 1.94. The molecule has 102 valence electrons. The minimum Gasteiger partial charge on any atom is -0.393 e. The minimum absolute atomic E-state index is 0.246. The highest BCUT2D eigenvalue weighted by molar-refractivity contribution is 4.93. The van der Waals surface area contributed by atoms with Crippen molar-refractivity contribution < 1.29 is 9.63 Å². The summed E-state index contributed by atoms with van der Waals surface area (Å²) in [6.45, 7) is 7.72. The third kappa shape index (κ3) is 3.29. The molecule has 0 aromatic carbocycles. The lowest BCUT2D eigenvalue weighted by atomic mass is 10.1. The predicted molar refractivity (Wildman–Crippen MR) is 68.1 cm³/mol. The van der Waals surface area contributed by atoms with Crippen LogP contribution in [0.1, 0.15) is 57.7 Å². The first-order valence-electron chi connectivity index (χ1n) is 6.81. The quantitative estimate of drug-likeness (QED) is 0.868. The van der Waals surface area contributed by atoms with Crippen LogP contribution in [0.4, 0.5) is 0 Å². The van der Waals surface area contributed by atoms with E-state index in [2.05, 4.69) is 28.9 Å². The molecule has 1 saturated heterocycles. The molecule has 1 aliphatic rings. The second kappa shape index (κ2) is 5.80. The van der Waals surface area contributed by atoms with Crippen LogP contribution in [0.25, 0.3) is 0 Å². The molecule has 2 rings (SSSR count). The molecule has 2 heterocycles. The molecule has 0 radical (unpaired) electrons. The third-order valence-electron chi connectivity index (χ3n) is 3.45. The van der Waals surface area contributed by atoms with Crippen molar-refractivity contribution in [2.45, 2.75) is 64.6 Å². The van der Waals surface area contributed by atoms with Crippen LogP contribution in [-0.2, 0) is 6.54 Å². The molecule has 1 aromatic rings. The molecule has 1 fully saturated rings. The lowest BCUT2D eigenvalue weighted by Gasteiger charge is -2.23. The summed E-state index contributed by atoms with van der Waals surface area (Å²) in [6.07, 6.45) is 2.91. The summed E-state index contributed by atoms with van der Waals surface area (Å²) >= 11 is 0. The fraction of sp³-hybridized carbons (Fsp3) is 0.846. The van der Waals surface area contributed by atoms with E-state index in [9.17, 15) is 5.11 Å². The molecule has 0 aliphatic carbocycles. The topological polar surface area (TPSA) is 62.4 Å². The summed E-state index contributed by atoms with van der Waals surface area (Å²) in [7, 11) is 0. The van der Waals surface area contributed by atoms with Gasteiger partial charge < -0.3 is 9.63 Å². The molecule has 0 saturated carbocycles. The molecular weight excluding hydrogens is 230 g/mol. The maximum absolute atomic E-state index is 9.50. The standard InChI is InChI=1S/C13H23N3O2/c1-9(2)13-14-12(18-15-13)8-16-6-4-5-11(16)7-10(3)17/h9-11,17H,4-8H2,1-3H3. The van der Waals surface area contributed by atoms with Crippen molar-refractivity contribution in [1.82, 2.24) is 15.0 Å². The summed E-state index contributed by atoms with van der Waals surface area (Å²) in [5, 5.41) is 13.5. The monoisotopic (exact) mass is 253 g/mol. The van der Waals surface area contributed by atoms with Gasteiger partial charge in [0.25, 0.3) is 0 Å². The van der Waals surface area contributed by atoms with E-state index in [1.54, 1.807) is 0 Å². The van der Waals surface area contributed by atoms with Crippen LogP contribution in [0.5, 0.6) is 0 Å². The number of nitrogens with zero attached hydrogens (tertiary/aromatic N) is 3. The Morgan fingerprint density at radius 1 is 1.44 bits per heavy atom. The van der Waals surface area contributed by atoms with Crippen molar-refractivity contribution in [3.05, 3.63) is 11.7 Å².